The predicted octanol–water partition coefficient (Wildman–Crippen LogP) is 1.81. The number of fused-ring (bicyclic) bond motifs is 1. The van der Waals surface area contributed by atoms with Crippen molar-refractivity contribution in [1.29, 1.82) is 0 Å². The fourth-order valence-electron chi connectivity index (χ4n) is 2.39. The van der Waals surface area contributed by atoms with E-state index in [1.54, 1.807) is 0 Å². The summed E-state index contributed by atoms with van der Waals surface area (Å²) in [5.41, 5.74) is 0.213. The second-order valence-electron chi connectivity index (χ2n) is 4.62. The van der Waals surface area contributed by atoms with Crippen LogP contribution in [0.15, 0.2) is 12.1 Å². The molecular weight excluding hydrogens is 242 g/mol. The number of ether oxygens (including phenoxy) is 1. The van der Waals surface area contributed by atoms with Gasteiger partial charge in [0.1, 0.15) is 6.29 Å². The van der Waals surface area contributed by atoms with E-state index in [4.69, 9.17) is 0 Å². The van der Waals surface area contributed by atoms with Crippen LogP contribution in [0.5, 0.6) is 0 Å². The third-order valence-corrected chi connectivity index (χ3v) is 3.30. The lowest BCUT2D eigenvalue weighted by atomic mass is 9.83. The smallest absolute Gasteiger partial charge is 0.306 e. The first kappa shape index (κ1) is 12.7. The molecule has 0 aliphatic heterocycles. The number of halogens is 2. The molecule has 5 heteroatoms. The summed E-state index contributed by atoms with van der Waals surface area (Å²) in [7, 11) is 1.24. The number of carbonyl (C=O) groups excluding carboxylic acids is 2. The summed E-state index contributed by atoms with van der Waals surface area (Å²) in [5, 5.41) is 0. The Labute approximate surface area is 103 Å². The highest BCUT2D eigenvalue weighted by atomic mass is 19.2. The molecule has 1 aliphatic rings. The van der Waals surface area contributed by atoms with E-state index in [0.717, 1.165) is 12.1 Å². The van der Waals surface area contributed by atoms with Gasteiger partial charge in [0.05, 0.1) is 13.5 Å². The number of carbonyl (C=O) groups is 2. The zero-order chi connectivity index (χ0) is 13.3. The SMILES string of the molecule is COC(=O)CC1(C=O)Cc2cc(F)c(F)cc2C1. The van der Waals surface area contributed by atoms with Crippen molar-refractivity contribution in [2.24, 2.45) is 5.41 Å². The van der Waals surface area contributed by atoms with E-state index in [9.17, 15) is 18.4 Å². The number of esters is 1. The Hall–Kier alpha value is -1.78. The largest absolute Gasteiger partial charge is 0.469 e. The number of methoxy groups -OCH3 is 1. The minimum absolute atomic E-state index is 0.0785. The summed E-state index contributed by atoms with van der Waals surface area (Å²) in [4.78, 5) is 22.5. The monoisotopic (exact) mass is 254 g/mol. The highest BCUT2D eigenvalue weighted by Crippen LogP contribution is 2.39. The van der Waals surface area contributed by atoms with Crippen LogP contribution in [0.2, 0.25) is 0 Å². The summed E-state index contributed by atoms with van der Waals surface area (Å²) in [6.07, 6.45) is 1.07. The van der Waals surface area contributed by atoms with E-state index in [2.05, 4.69) is 4.74 Å². The van der Waals surface area contributed by atoms with Gasteiger partial charge in [-0.2, -0.15) is 0 Å². The van der Waals surface area contributed by atoms with E-state index in [1.807, 2.05) is 0 Å². The van der Waals surface area contributed by atoms with Crippen LogP contribution in [-0.4, -0.2) is 19.4 Å². The topological polar surface area (TPSA) is 43.4 Å². The molecule has 0 spiro atoms. The van der Waals surface area contributed by atoms with E-state index in [1.165, 1.54) is 7.11 Å². The molecule has 18 heavy (non-hydrogen) atoms. The number of benzene rings is 1. The number of rotatable bonds is 3. The Balaban J connectivity index is 2.31. The Morgan fingerprint density at radius 1 is 1.33 bits per heavy atom. The summed E-state index contributed by atoms with van der Waals surface area (Å²) in [5.74, 6) is -2.38. The molecule has 0 radical (unpaired) electrons. The van der Waals surface area contributed by atoms with Gasteiger partial charge in [-0.05, 0) is 36.1 Å². The quantitative estimate of drug-likeness (QED) is 0.610. The molecular formula is C13H12F2O3. The first-order valence-electron chi connectivity index (χ1n) is 5.49. The first-order valence-corrected chi connectivity index (χ1v) is 5.49. The van der Waals surface area contributed by atoms with Crippen LogP contribution in [0.3, 0.4) is 0 Å². The van der Waals surface area contributed by atoms with Gasteiger partial charge in [0.15, 0.2) is 11.6 Å². The van der Waals surface area contributed by atoms with Gasteiger partial charge in [-0.1, -0.05) is 0 Å². The Bertz CT molecular complexity index is 480. The van der Waals surface area contributed by atoms with Gasteiger partial charge in [0.2, 0.25) is 0 Å². The third kappa shape index (κ3) is 2.12. The molecule has 2 rings (SSSR count). The van der Waals surface area contributed by atoms with Crippen LogP contribution in [0.1, 0.15) is 17.5 Å². The number of aldehydes is 1. The van der Waals surface area contributed by atoms with Gasteiger partial charge < -0.3 is 9.53 Å². The van der Waals surface area contributed by atoms with Crippen molar-refractivity contribution >= 4 is 12.3 Å². The van der Waals surface area contributed by atoms with Gasteiger partial charge in [0.25, 0.3) is 0 Å². The van der Waals surface area contributed by atoms with Crippen LogP contribution in [0, 0.1) is 17.0 Å². The van der Waals surface area contributed by atoms with Crippen LogP contribution < -0.4 is 0 Å². The fourth-order valence-corrected chi connectivity index (χ4v) is 2.39. The van der Waals surface area contributed by atoms with Crippen LogP contribution in [-0.2, 0) is 27.2 Å². The van der Waals surface area contributed by atoms with Gasteiger partial charge in [-0.15, -0.1) is 0 Å². The van der Waals surface area contributed by atoms with E-state index in [-0.39, 0.29) is 19.3 Å². The lowest BCUT2D eigenvalue weighted by Crippen LogP contribution is -2.27. The molecule has 0 unspecified atom stereocenters. The first-order chi connectivity index (χ1) is 8.49. The molecule has 0 heterocycles. The summed E-state index contributed by atoms with van der Waals surface area (Å²) < 4.78 is 30.7. The molecule has 1 aliphatic carbocycles. The van der Waals surface area contributed by atoms with Crippen molar-refractivity contribution in [3.63, 3.8) is 0 Å². The third-order valence-electron chi connectivity index (χ3n) is 3.30. The van der Waals surface area contributed by atoms with Crippen molar-refractivity contribution in [1.82, 2.24) is 0 Å². The van der Waals surface area contributed by atoms with Gasteiger partial charge >= 0.3 is 5.97 Å². The second-order valence-corrected chi connectivity index (χ2v) is 4.62. The van der Waals surface area contributed by atoms with Crippen molar-refractivity contribution in [2.75, 3.05) is 7.11 Å². The molecule has 0 atom stereocenters. The van der Waals surface area contributed by atoms with Crippen molar-refractivity contribution in [3.8, 4) is 0 Å². The summed E-state index contributed by atoms with van der Waals surface area (Å²) in [6, 6.07) is 2.18. The molecule has 3 nitrogen and oxygen atoms in total. The van der Waals surface area contributed by atoms with Crippen LogP contribution in [0.4, 0.5) is 8.78 Å². The summed E-state index contributed by atoms with van der Waals surface area (Å²) >= 11 is 0. The Morgan fingerprint density at radius 3 is 2.22 bits per heavy atom. The Morgan fingerprint density at radius 2 is 1.83 bits per heavy atom. The van der Waals surface area contributed by atoms with Gasteiger partial charge in [-0.3, -0.25) is 4.79 Å². The van der Waals surface area contributed by atoms with Crippen LogP contribution in [0.25, 0.3) is 0 Å². The van der Waals surface area contributed by atoms with Crippen molar-refractivity contribution in [2.45, 2.75) is 19.3 Å². The van der Waals surface area contributed by atoms with E-state index in [0.29, 0.717) is 17.4 Å². The lowest BCUT2D eigenvalue weighted by Gasteiger charge is -2.19. The van der Waals surface area contributed by atoms with Gasteiger partial charge in [0, 0.05) is 5.41 Å². The number of hydrogen-bond acceptors (Lipinski definition) is 3. The molecule has 0 saturated carbocycles. The maximum Gasteiger partial charge on any atom is 0.306 e. The Kier molecular flexibility index (Phi) is 3.15. The molecule has 96 valence electrons. The second kappa shape index (κ2) is 4.48. The fraction of sp³-hybridized carbons (Fsp3) is 0.385. The predicted molar refractivity (Wildman–Crippen MR) is 58.9 cm³/mol. The molecule has 0 bridgehead atoms. The van der Waals surface area contributed by atoms with Crippen LogP contribution >= 0.6 is 0 Å². The standard InChI is InChI=1S/C13H12F2O3/c1-18-12(17)6-13(7-16)4-8-2-10(14)11(15)3-9(8)5-13/h2-3,7H,4-6H2,1H3. The van der Waals surface area contributed by atoms with E-state index >= 15 is 0 Å². The van der Waals surface area contributed by atoms with Crippen molar-refractivity contribution < 1.29 is 23.1 Å². The molecule has 0 saturated heterocycles. The lowest BCUT2D eigenvalue weighted by molar-refractivity contribution is -0.144. The highest BCUT2D eigenvalue weighted by Gasteiger charge is 2.40. The number of hydrogen-bond donors (Lipinski definition) is 0. The molecule has 0 fully saturated rings. The van der Waals surface area contributed by atoms with Gasteiger partial charge in [-0.25, -0.2) is 8.78 Å². The molecule has 0 amide bonds. The van der Waals surface area contributed by atoms with Crippen molar-refractivity contribution in [3.05, 3.63) is 34.9 Å². The molecule has 0 aromatic heterocycles. The van der Waals surface area contributed by atoms with E-state index < -0.39 is 23.0 Å². The molecule has 0 N–H and O–H groups in total. The maximum atomic E-state index is 13.1. The minimum Gasteiger partial charge on any atom is -0.469 e. The zero-order valence-corrected chi connectivity index (χ0v) is 9.83. The zero-order valence-electron chi connectivity index (χ0n) is 9.83. The highest BCUT2D eigenvalue weighted by molar-refractivity contribution is 5.77. The molecule has 1 aromatic rings. The maximum absolute atomic E-state index is 13.1. The summed E-state index contributed by atoms with van der Waals surface area (Å²) in [6.45, 7) is 0. The minimum atomic E-state index is -0.937. The normalized spacial score (nSPS) is 16.2. The average molecular weight is 254 g/mol. The molecule has 1 aromatic carbocycles. The average Bonchev–Trinajstić information content (AvgIpc) is 2.68.